The van der Waals surface area contributed by atoms with E-state index in [1.165, 1.54) is 11.3 Å². The summed E-state index contributed by atoms with van der Waals surface area (Å²) in [7, 11) is 1.77. The third-order valence-electron chi connectivity index (χ3n) is 9.92. The Labute approximate surface area is 328 Å². The van der Waals surface area contributed by atoms with Gasteiger partial charge in [-0.05, 0) is 83.7 Å². The monoisotopic (exact) mass is 782 g/mol. The Morgan fingerprint density at radius 1 is 1.00 bits per heavy atom. The number of piperidine rings is 2. The fraction of sp³-hybridized carbons (Fsp3) is 0.625. The van der Waals surface area contributed by atoms with Crippen LogP contribution < -0.4 is 10.1 Å². The van der Waals surface area contributed by atoms with Crippen LogP contribution in [0.1, 0.15) is 110 Å². The maximum Gasteiger partial charge on any atom is 0.410 e. The number of carbonyl (C=O) groups excluding carboxylic acids is 3. The molecule has 2 fully saturated rings. The average molecular weight is 783 g/mol. The fourth-order valence-electron chi connectivity index (χ4n) is 6.80. The van der Waals surface area contributed by atoms with Crippen LogP contribution >= 0.6 is 23.1 Å². The van der Waals surface area contributed by atoms with Gasteiger partial charge in [0.05, 0.1) is 28.4 Å². The molecule has 0 bridgehead atoms. The molecule has 3 aromatic rings. The first-order chi connectivity index (χ1) is 25.6. The Kier molecular flexibility index (Phi) is 14.1. The summed E-state index contributed by atoms with van der Waals surface area (Å²) in [5.41, 5.74) is 0.351. The molecule has 1 aromatic carbocycles. The van der Waals surface area contributed by atoms with Crippen LogP contribution in [0.5, 0.6) is 5.75 Å². The number of aromatic nitrogens is 2. The van der Waals surface area contributed by atoms with E-state index in [0.29, 0.717) is 41.7 Å². The second-order valence-corrected chi connectivity index (χ2v) is 18.6. The number of ether oxygens (including phenoxy) is 2. The van der Waals surface area contributed by atoms with E-state index in [-0.39, 0.29) is 41.9 Å². The van der Waals surface area contributed by atoms with Crippen molar-refractivity contribution in [2.24, 2.45) is 5.92 Å². The molecule has 4 heterocycles. The number of thiazole rings is 1. The van der Waals surface area contributed by atoms with Crippen LogP contribution in [-0.4, -0.2) is 94.1 Å². The molecular weight excluding hydrogens is 725 g/mol. The van der Waals surface area contributed by atoms with Crippen LogP contribution in [0.25, 0.3) is 0 Å². The van der Waals surface area contributed by atoms with Gasteiger partial charge in [-0.3, -0.25) is 9.59 Å². The molecule has 2 saturated heterocycles. The third kappa shape index (κ3) is 11.7. The van der Waals surface area contributed by atoms with Gasteiger partial charge in [0.25, 0.3) is 5.91 Å². The first-order valence-corrected chi connectivity index (χ1v) is 20.9. The van der Waals surface area contributed by atoms with Gasteiger partial charge in [0.15, 0.2) is 11.7 Å². The number of oxazole rings is 1. The maximum atomic E-state index is 13.1. The van der Waals surface area contributed by atoms with Gasteiger partial charge in [0.1, 0.15) is 17.1 Å². The zero-order valence-corrected chi connectivity index (χ0v) is 34.8. The number of hydrogen-bond donors (Lipinski definition) is 1. The maximum absolute atomic E-state index is 13.1. The summed E-state index contributed by atoms with van der Waals surface area (Å²) in [6.07, 6.45) is 8.38. The lowest BCUT2D eigenvalue weighted by Gasteiger charge is -2.41. The molecule has 2 aliphatic heterocycles. The molecule has 54 heavy (non-hydrogen) atoms. The number of benzene rings is 1. The molecule has 0 radical (unpaired) electrons. The van der Waals surface area contributed by atoms with Crippen molar-refractivity contribution in [3.05, 3.63) is 53.9 Å². The van der Waals surface area contributed by atoms with Gasteiger partial charge >= 0.3 is 6.09 Å². The number of thioether (sulfide) groups is 1. The minimum Gasteiger partial charge on any atom is -0.484 e. The summed E-state index contributed by atoms with van der Waals surface area (Å²) in [6.45, 7) is 17.1. The van der Waals surface area contributed by atoms with E-state index in [4.69, 9.17) is 13.9 Å². The lowest BCUT2D eigenvalue weighted by Crippen LogP contribution is -2.50. The van der Waals surface area contributed by atoms with Crippen LogP contribution in [0.4, 0.5) is 9.93 Å². The number of hydrogen-bond acceptors (Lipinski definition) is 11. The molecule has 0 aliphatic carbocycles. The SMILES string of the molecule is CCCC(c1ccc(OCC(=O)N2CCC(N3CCC(C(=O)Nc4ncc(SCc5ncc(C(C)(C)C)o5)s4)CC3)CC2)cc1)N(C)C(=O)OC(C)(C)C. The highest BCUT2D eigenvalue weighted by Crippen LogP contribution is 2.33. The summed E-state index contributed by atoms with van der Waals surface area (Å²) in [4.78, 5) is 53.8. The number of carbonyl (C=O) groups is 3. The molecule has 2 aromatic heterocycles. The van der Waals surface area contributed by atoms with E-state index in [2.05, 4.69) is 47.9 Å². The molecule has 2 aliphatic rings. The lowest BCUT2D eigenvalue weighted by atomic mass is 9.93. The van der Waals surface area contributed by atoms with Crippen molar-refractivity contribution < 1.29 is 28.3 Å². The standard InChI is InChI=1S/C40H58N6O6S2/c1-9-10-31(44(8)38(49)52-40(5,6)7)27-11-13-30(14-12-27)50-25-34(47)46-21-17-29(18-22-46)45-19-15-28(16-20-45)36(48)43-37-42-24-35(54-37)53-26-33-41-23-32(51-33)39(2,3)4/h11-14,23-24,28-29,31H,9-10,15-22,25-26H2,1-8H3,(H,42,43,48). The van der Waals surface area contributed by atoms with Crippen LogP contribution in [-0.2, 0) is 25.5 Å². The largest absolute Gasteiger partial charge is 0.484 e. The van der Waals surface area contributed by atoms with E-state index in [1.54, 1.807) is 36.1 Å². The molecule has 1 N–H and O–H groups in total. The molecule has 5 rings (SSSR count). The van der Waals surface area contributed by atoms with E-state index in [0.717, 1.165) is 67.1 Å². The van der Waals surface area contributed by atoms with Gasteiger partial charge in [-0.15, -0.1) is 11.8 Å². The number of anilines is 1. The quantitative estimate of drug-likeness (QED) is 0.170. The molecule has 296 valence electrons. The molecule has 14 heteroatoms. The Morgan fingerprint density at radius 2 is 1.69 bits per heavy atom. The van der Waals surface area contributed by atoms with E-state index in [1.807, 2.05) is 49.9 Å². The number of nitrogens with one attached hydrogen (secondary N) is 1. The highest BCUT2D eigenvalue weighted by atomic mass is 32.2. The third-order valence-corrected chi connectivity index (χ3v) is 12.0. The van der Waals surface area contributed by atoms with Crippen molar-refractivity contribution in [3.63, 3.8) is 0 Å². The van der Waals surface area contributed by atoms with Crippen molar-refractivity contribution in [1.29, 1.82) is 0 Å². The number of nitrogens with zero attached hydrogens (tertiary/aromatic N) is 5. The average Bonchev–Trinajstić information content (AvgIpc) is 3.81. The van der Waals surface area contributed by atoms with Crippen molar-refractivity contribution in [1.82, 2.24) is 24.7 Å². The summed E-state index contributed by atoms with van der Waals surface area (Å²) >= 11 is 3.08. The summed E-state index contributed by atoms with van der Waals surface area (Å²) in [6, 6.07) is 7.93. The van der Waals surface area contributed by atoms with E-state index in [9.17, 15) is 14.4 Å². The molecule has 1 atom stereocenters. The summed E-state index contributed by atoms with van der Waals surface area (Å²) in [5.74, 6) is 2.76. The van der Waals surface area contributed by atoms with Crippen LogP contribution in [0.3, 0.4) is 0 Å². The highest BCUT2D eigenvalue weighted by Gasteiger charge is 2.32. The van der Waals surface area contributed by atoms with E-state index >= 15 is 0 Å². The van der Waals surface area contributed by atoms with Gasteiger partial charge in [-0.1, -0.05) is 57.6 Å². The number of likely N-dealkylation sites (tertiary alicyclic amines) is 2. The van der Waals surface area contributed by atoms with Crippen molar-refractivity contribution in [2.45, 2.75) is 120 Å². The smallest absolute Gasteiger partial charge is 0.410 e. The van der Waals surface area contributed by atoms with Crippen LogP contribution in [0, 0.1) is 5.92 Å². The summed E-state index contributed by atoms with van der Waals surface area (Å²) in [5, 5.41) is 3.66. The zero-order valence-electron chi connectivity index (χ0n) is 33.2. The Bertz CT molecular complexity index is 1680. The Balaban J connectivity index is 0.996. The van der Waals surface area contributed by atoms with Gasteiger partial charge in [-0.2, -0.15) is 0 Å². The van der Waals surface area contributed by atoms with Gasteiger partial charge in [0, 0.05) is 37.5 Å². The van der Waals surface area contributed by atoms with Crippen molar-refractivity contribution in [3.8, 4) is 5.75 Å². The number of rotatable bonds is 13. The van der Waals surface area contributed by atoms with Crippen molar-refractivity contribution in [2.75, 3.05) is 45.2 Å². The first-order valence-electron chi connectivity index (χ1n) is 19.1. The predicted octanol–water partition coefficient (Wildman–Crippen LogP) is 8.15. The molecular formula is C40H58N6O6S2. The second kappa shape index (κ2) is 18.3. The minimum absolute atomic E-state index is 0.0144. The Hall–Kier alpha value is -3.62. The van der Waals surface area contributed by atoms with Crippen LogP contribution in [0.2, 0.25) is 0 Å². The van der Waals surface area contributed by atoms with Gasteiger partial charge < -0.3 is 33.9 Å². The molecule has 3 amide bonds. The lowest BCUT2D eigenvalue weighted by molar-refractivity contribution is -0.135. The molecule has 0 saturated carbocycles. The topological polar surface area (TPSA) is 130 Å². The van der Waals surface area contributed by atoms with Crippen LogP contribution in [0.15, 0.2) is 45.3 Å². The van der Waals surface area contributed by atoms with E-state index < -0.39 is 5.60 Å². The highest BCUT2D eigenvalue weighted by molar-refractivity contribution is 8.00. The molecule has 12 nitrogen and oxygen atoms in total. The molecule has 0 spiro atoms. The van der Waals surface area contributed by atoms with Crippen molar-refractivity contribution >= 4 is 46.1 Å². The Morgan fingerprint density at radius 3 is 2.30 bits per heavy atom. The number of amides is 3. The van der Waals surface area contributed by atoms with Gasteiger partial charge in [-0.25, -0.2) is 14.8 Å². The predicted molar refractivity (Wildman–Crippen MR) is 213 cm³/mol. The summed E-state index contributed by atoms with van der Waals surface area (Å²) < 4.78 is 18.4. The molecule has 1 unspecified atom stereocenters. The fourth-order valence-corrected chi connectivity index (χ4v) is 8.52. The normalized spacial score (nSPS) is 16.9. The van der Waals surface area contributed by atoms with Gasteiger partial charge in [0.2, 0.25) is 11.8 Å². The second-order valence-electron chi connectivity index (χ2n) is 16.3. The minimum atomic E-state index is -0.564. The first kappa shape index (κ1) is 41.5. The zero-order chi connectivity index (χ0) is 39.0.